The normalized spacial score (nSPS) is 11.4. The number of rotatable bonds is 3. The molecule has 0 bridgehead atoms. The van der Waals surface area contributed by atoms with Gasteiger partial charge in [0.05, 0.1) is 22.5 Å². The number of pyridine rings is 2. The molecule has 0 amide bonds. The van der Waals surface area contributed by atoms with E-state index in [4.69, 9.17) is 9.72 Å². The molecule has 0 aliphatic carbocycles. The predicted molar refractivity (Wildman–Crippen MR) is 112 cm³/mol. The lowest BCUT2D eigenvalue weighted by atomic mass is 10.0. The van der Waals surface area contributed by atoms with Crippen molar-refractivity contribution in [2.24, 2.45) is 7.05 Å². The van der Waals surface area contributed by atoms with Crippen molar-refractivity contribution < 1.29 is 9.53 Å². The van der Waals surface area contributed by atoms with Crippen LogP contribution in [0, 0.1) is 6.92 Å². The molecule has 0 fully saturated rings. The van der Waals surface area contributed by atoms with Crippen LogP contribution in [0.15, 0.2) is 60.8 Å². The van der Waals surface area contributed by atoms with E-state index < -0.39 is 5.97 Å². The van der Waals surface area contributed by atoms with Gasteiger partial charge in [-0.3, -0.25) is 4.68 Å². The van der Waals surface area contributed by atoms with Gasteiger partial charge in [0, 0.05) is 29.4 Å². The first-order chi connectivity index (χ1) is 14.1. The SMILES string of the molecule is Cc1nn(C)c2ncc(C(=O)OCc3nc4ccccc4c4ccccc34)cc12. The Labute approximate surface area is 166 Å². The van der Waals surface area contributed by atoms with Crippen LogP contribution in [0.2, 0.25) is 0 Å². The molecule has 0 saturated heterocycles. The molecule has 0 unspecified atom stereocenters. The number of benzene rings is 2. The highest BCUT2D eigenvalue weighted by molar-refractivity contribution is 6.06. The Morgan fingerprint density at radius 1 is 1.00 bits per heavy atom. The van der Waals surface area contributed by atoms with E-state index in [1.54, 1.807) is 10.7 Å². The zero-order valence-electron chi connectivity index (χ0n) is 16.1. The fourth-order valence-corrected chi connectivity index (χ4v) is 3.72. The van der Waals surface area contributed by atoms with E-state index in [1.165, 1.54) is 6.20 Å². The molecular weight excluding hydrogens is 364 g/mol. The summed E-state index contributed by atoms with van der Waals surface area (Å²) >= 11 is 0. The first-order valence-corrected chi connectivity index (χ1v) is 9.34. The number of esters is 1. The highest BCUT2D eigenvalue weighted by atomic mass is 16.5. The first kappa shape index (κ1) is 17.3. The molecule has 0 N–H and O–H groups in total. The maximum Gasteiger partial charge on any atom is 0.340 e. The van der Waals surface area contributed by atoms with Gasteiger partial charge >= 0.3 is 5.97 Å². The van der Waals surface area contributed by atoms with Crippen LogP contribution in [0.5, 0.6) is 0 Å². The maximum absolute atomic E-state index is 12.7. The maximum atomic E-state index is 12.7. The molecule has 0 aliphatic rings. The molecule has 0 atom stereocenters. The molecule has 0 aliphatic heterocycles. The van der Waals surface area contributed by atoms with E-state index >= 15 is 0 Å². The molecule has 0 spiro atoms. The van der Waals surface area contributed by atoms with Crippen molar-refractivity contribution in [3.63, 3.8) is 0 Å². The van der Waals surface area contributed by atoms with Crippen molar-refractivity contribution in [1.29, 1.82) is 0 Å². The quantitative estimate of drug-likeness (QED) is 0.343. The first-order valence-electron chi connectivity index (χ1n) is 9.34. The van der Waals surface area contributed by atoms with Crippen LogP contribution in [-0.2, 0) is 18.4 Å². The minimum absolute atomic E-state index is 0.0915. The molecule has 3 heterocycles. The molecule has 0 radical (unpaired) electrons. The zero-order valence-corrected chi connectivity index (χ0v) is 16.1. The van der Waals surface area contributed by atoms with E-state index in [1.807, 2.05) is 50.4 Å². The van der Waals surface area contributed by atoms with E-state index in [-0.39, 0.29) is 6.61 Å². The number of hydrogen-bond donors (Lipinski definition) is 0. The third kappa shape index (κ3) is 2.89. The van der Waals surface area contributed by atoms with Crippen LogP contribution in [0.1, 0.15) is 21.7 Å². The van der Waals surface area contributed by atoms with Gasteiger partial charge in [0.2, 0.25) is 0 Å². The molecule has 6 nitrogen and oxygen atoms in total. The van der Waals surface area contributed by atoms with E-state index in [0.717, 1.165) is 44.1 Å². The summed E-state index contributed by atoms with van der Waals surface area (Å²) in [4.78, 5) is 21.7. The Kier molecular flexibility index (Phi) is 3.98. The summed E-state index contributed by atoms with van der Waals surface area (Å²) in [7, 11) is 1.83. The Balaban J connectivity index is 1.48. The average molecular weight is 382 g/mol. The fraction of sp³-hybridized carbons (Fsp3) is 0.130. The third-order valence-corrected chi connectivity index (χ3v) is 5.13. The van der Waals surface area contributed by atoms with Gasteiger partial charge in [-0.15, -0.1) is 0 Å². The van der Waals surface area contributed by atoms with Crippen LogP contribution in [0.3, 0.4) is 0 Å². The van der Waals surface area contributed by atoms with Crippen molar-refractivity contribution in [2.75, 3.05) is 0 Å². The van der Waals surface area contributed by atoms with Crippen molar-refractivity contribution in [3.05, 3.63) is 77.7 Å². The van der Waals surface area contributed by atoms with Crippen LogP contribution < -0.4 is 0 Å². The minimum Gasteiger partial charge on any atom is -0.456 e. The monoisotopic (exact) mass is 382 g/mol. The molecule has 29 heavy (non-hydrogen) atoms. The largest absolute Gasteiger partial charge is 0.456 e. The Morgan fingerprint density at radius 2 is 1.72 bits per heavy atom. The summed E-state index contributed by atoms with van der Waals surface area (Å²) in [5.74, 6) is -0.429. The van der Waals surface area contributed by atoms with Crippen LogP contribution in [0.25, 0.3) is 32.7 Å². The summed E-state index contributed by atoms with van der Waals surface area (Å²) in [6.07, 6.45) is 1.53. The number of hydrogen-bond acceptors (Lipinski definition) is 5. The van der Waals surface area contributed by atoms with Crippen molar-refractivity contribution >= 4 is 38.7 Å². The number of carbonyl (C=O) groups is 1. The Hall–Kier alpha value is -3.80. The summed E-state index contributed by atoms with van der Waals surface area (Å²) in [5.41, 5.74) is 3.58. The summed E-state index contributed by atoms with van der Waals surface area (Å²) < 4.78 is 7.30. The van der Waals surface area contributed by atoms with Gasteiger partial charge in [-0.2, -0.15) is 5.10 Å². The second kappa shape index (κ2) is 6.67. The lowest BCUT2D eigenvalue weighted by Crippen LogP contribution is -2.07. The number of para-hydroxylation sites is 1. The Bertz CT molecular complexity index is 1400. The van der Waals surface area contributed by atoms with Crippen LogP contribution in [0.4, 0.5) is 0 Å². The lowest BCUT2D eigenvalue weighted by Gasteiger charge is -2.10. The number of aromatic nitrogens is 4. The van der Waals surface area contributed by atoms with E-state index in [0.29, 0.717) is 5.56 Å². The smallest absolute Gasteiger partial charge is 0.340 e. The number of carbonyl (C=O) groups excluding carboxylic acids is 1. The number of fused-ring (bicyclic) bond motifs is 4. The van der Waals surface area contributed by atoms with Crippen LogP contribution >= 0.6 is 0 Å². The molecular formula is C23H18N4O2. The number of aryl methyl sites for hydroxylation is 2. The summed E-state index contributed by atoms with van der Waals surface area (Å²) in [6, 6.07) is 17.8. The molecule has 142 valence electrons. The van der Waals surface area contributed by atoms with Gasteiger partial charge in [0.15, 0.2) is 5.65 Å². The van der Waals surface area contributed by atoms with Gasteiger partial charge < -0.3 is 4.74 Å². The average Bonchev–Trinajstić information content (AvgIpc) is 3.05. The number of ether oxygens (including phenoxy) is 1. The highest BCUT2D eigenvalue weighted by Gasteiger charge is 2.15. The Morgan fingerprint density at radius 3 is 2.55 bits per heavy atom. The molecule has 5 rings (SSSR count). The minimum atomic E-state index is -0.429. The van der Waals surface area contributed by atoms with Crippen LogP contribution in [-0.4, -0.2) is 25.7 Å². The van der Waals surface area contributed by atoms with Crippen molar-refractivity contribution in [3.8, 4) is 0 Å². The van der Waals surface area contributed by atoms with E-state index in [9.17, 15) is 4.79 Å². The van der Waals surface area contributed by atoms with Gasteiger partial charge in [0.25, 0.3) is 0 Å². The molecule has 0 saturated carbocycles. The van der Waals surface area contributed by atoms with Gasteiger partial charge in [-0.05, 0) is 24.4 Å². The van der Waals surface area contributed by atoms with Gasteiger partial charge in [0.1, 0.15) is 6.61 Å². The lowest BCUT2D eigenvalue weighted by molar-refractivity contribution is 0.0469. The third-order valence-electron chi connectivity index (χ3n) is 5.13. The van der Waals surface area contributed by atoms with Gasteiger partial charge in [-0.25, -0.2) is 14.8 Å². The highest BCUT2D eigenvalue weighted by Crippen LogP contribution is 2.27. The zero-order chi connectivity index (χ0) is 20.0. The van der Waals surface area contributed by atoms with Crippen molar-refractivity contribution in [1.82, 2.24) is 19.7 Å². The second-order valence-corrected chi connectivity index (χ2v) is 7.00. The van der Waals surface area contributed by atoms with Gasteiger partial charge in [-0.1, -0.05) is 42.5 Å². The molecule has 2 aromatic carbocycles. The summed E-state index contributed by atoms with van der Waals surface area (Å²) in [6.45, 7) is 1.98. The molecule has 3 aromatic heterocycles. The summed E-state index contributed by atoms with van der Waals surface area (Å²) in [5, 5.41) is 8.34. The fourth-order valence-electron chi connectivity index (χ4n) is 3.72. The molecule has 6 heteroatoms. The standard InChI is InChI=1S/C23H18N4O2/c1-14-19-11-15(12-24-22(19)27(2)26-14)23(28)29-13-21-18-9-4-3-7-16(18)17-8-5-6-10-20(17)25-21/h3-12H,13H2,1-2H3. The van der Waals surface area contributed by atoms with E-state index in [2.05, 4.69) is 22.2 Å². The second-order valence-electron chi connectivity index (χ2n) is 7.00. The predicted octanol–water partition coefficient (Wildman–Crippen LogP) is 4.34. The topological polar surface area (TPSA) is 69.9 Å². The number of nitrogens with zero attached hydrogens (tertiary/aromatic N) is 4. The molecule has 5 aromatic rings. The van der Waals surface area contributed by atoms with Crippen molar-refractivity contribution in [2.45, 2.75) is 13.5 Å².